The van der Waals surface area contributed by atoms with Crippen LogP contribution in [0.2, 0.25) is 0 Å². The van der Waals surface area contributed by atoms with Gasteiger partial charge in [0, 0.05) is 6.54 Å². The minimum Gasteiger partial charge on any atom is -0.388 e. The van der Waals surface area contributed by atoms with E-state index in [-0.39, 0.29) is 23.7 Å². The summed E-state index contributed by atoms with van der Waals surface area (Å²) in [6.07, 6.45) is -0.637. The fourth-order valence-corrected chi connectivity index (χ4v) is 2.93. The quantitative estimate of drug-likeness (QED) is 0.860. The van der Waals surface area contributed by atoms with Gasteiger partial charge < -0.3 is 5.11 Å². The summed E-state index contributed by atoms with van der Waals surface area (Å²) in [5.74, 6) is -0.379. The van der Waals surface area contributed by atoms with Crippen molar-refractivity contribution in [1.29, 1.82) is 0 Å². The Morgan fingerprint density at radius 3 is 2.29 bits per heavy atom. The van der Waals surface area contributed by atoms with Gasteiger partial charge in [-0.25, -0.2) is 17.5 Å². The van der Waals surface area contributed by atoms with E-state index in [4.69, 9.17) is 0 Å². The molecule has 6 heteroatoms. The van der Waals surface area contributed by atoms with Gasteiger partial charge in [0.25, 0.3) is 0 Å². The van der Waals surface area contributed by atoms with Crippen molar-refractivity contribution in [3.63, 3.8) is 0 Å². The van der Waals surface area contributed by atoms with Gasteiger partial charge in [-0.15, -0.1) is 0 Å². The van der Waals surface area contributed by atoms with E-state index >= 15 is 0 Å². The molecule has 0 radical (unpaired) electrons. The Labute approximate surface area is 123 Å². The molecule has 21 heavy (non-hydrogen) atoms. The topological polar surface area (TPSA) is 66.4 Å². The van der Waals surface area contributed by atoms with E-state index in [1.165, 1.54) is 36.4 Å². The molecule has 2 aromatic rings. The number of nitrogens with one attached hydrogen (secondary N) is 1. The zero-order valence-electron chi connectivity index (χ0n) is 11.2. The fourth-order valence-electron chi connectivity index (χ4n) is 1.86. The number of aliphatic hydroxyl groups is 1. The van der Waals surface area contributed by atoms with Crippen LogP contribution in [0.25, 0.3) is 0 Å². The Morgan fingerprint density at radius 1 is 1.05 bits per heavy atom. The molecule has 0 spiro atoms. The second-order valence-electron chi connectivity index (χ2n) is 4.57. The molecule has 1 unspecified atom stereocenters. The van der Waals surface area contributed by atoms with E-state index in [0.717, 1.165) is 0 Å². The van der Waals surface area contributed by atoms with Crippen molar-refractivity contribution < 1.29 is 17.9 Å². The summed E-state index contributed by atoms with van der Waals surface area (Å²) in [6.45, 7) is 0.0930. The van der Waals surface area contributed by atoms with E-state index in [0.29, 0.717) is 5.56 Å². The number of hydrogen-bond donors (Lipinski definition) is 2. The molecule has 0 heterocycles. The minimum atomic E-state index is -3.57. The van der Waals surface area contributed by atoms with E-state index in [2.05, 4.69) is 4.72 Å². The average molecular weight is 309 g/mol. The maximum absolute atomic E-state index is 12.8. The predicted molar refractivity (Wildman–Crippen MR) is 77.6 cm³/mol. The third-order valence-corrected chi connectivity index (χ3v) is 4.50. The first-order valence-corrected chi connectivity index (χ1v) is 7.95. The van der Waals surface area contributed by atoms with Gasteiger partial charge in [0.05, 0.1) is 11.0 Å². The van der Waals surface area contributed by atoms with E-state index in [1.807, 2.05) is 0 Å². The van der Waals surface area contributed by atoms with Crippen LogP contribution in [0.5, 0.6) is 0 Å². The average Bonchev–Trinajstić information content (AvgIpc) is 2.48. The number of sulfonamides is 1. The SMILES string of the molecule is O=S(=O)(NCCC(O)c1ccc(F)cc1)c1ccccc1. The first-order valence-electron chi connectivity index (χ1n) is 6.47. The van der Waals surface area contributed by atoms with Crippen LogP contribution in [-0.4, -0.2) is 20.1 Å². The lowest BCUT2D eigenvalue weighted by atomic mass is 10.1. The molecule has 4 nitrogen and oxygen atoms in total. The molecule has 0 saturated carbocycles. The van der Waals surface area contributed by atoms with E-state index < -0.39 is 16.1 Å². The normalized spacial score (nSPS) is 13.0. The number of benzene rings is 2. The second kappa shape index (κ2) is 6.80. The number of aliphatic hydroxyl groups excluding tert-OH is 1. The molecule has 0 saturated heterocycles. The fraction of sp³-hybridized carbons (Fsp3) is 0.200. The lowest BCUT2D eigenvalue weighted by Crippen LogP contribution is -2.25. The van der Waals surface area contributed by atoms with Crippen LogP contribution in [0.1, 0.15) is 18.1 Å². The number of hydrogen-bond acceptors (Lipinski definition) is 3. The maximum Gasteiger partial charge on any atom is 0.240 e. The Morgan fingerprint density at radius 2 is 1.67 bits per heavy atom. The van der Waals surface area contributed by atoms with Crippen molar-refractivity contribution in [2.45, 2.75) is 17.4 Å². The molecule has 0 aliphatic heterocycles. The van der Waals surface area contributed by atoms with Crippen LogP contribution < -0.4 is 4.72 Å². The minimum absolute atomic E-state index is 0.0930. The molecule has 0 aliphatic rings. The largest absolute Gasteiger partial charge is 0.388 e. The number of rotatable bonds is 6. The van der Waals surface area contributed by atoms with Gasteiger partial charge in [0.2, 0.25) is 10.0 Å². The lowest BCUT2D eigenvalue weighted by molar-refractivity contribution is 0.169. The second-order valence-corrected chi connectivity index (χ2v) is 6.33. The summed E-state index contributed by atoms with van der Waals surface area (Å²) < 4.78 is 39.1. The molecule has 2 rings (SSSR count). The van der Waals surface area contributed by atoms with Gasteiger partial charge in [-0.2, -0.15) is 0 Å². The zero-order valence-corrected chi connectivity index (χ0v) is 12.1. The van der Waals surface area contributed by atoms with Crippen molar-refractivity contribution in [2.75, 3.05) is 6.54 Å². The Bertz CT molecular complexity index is 672. The lowest BCUT2D eigenvalue weighted by Gasteiger charge is -2.12. The van der Waals surface area contributed by atoms with Gasteiger partial charge >= 0.3 is 0 Å². The molecule has 0 bridgehead atoms. The highest BCUT2D eigenvalue weighted by Gasteiger charge is 2.14. The van der Waals surface area contributed by atoms with Crippen molar-refractivity contribution in [1.82, 2.24) is 4.72 Å². The Hall–Kier alpha value is -1.76. The molecule has 2 N–H and O–H groups in total. The third-order valence-electron chi connectivity index (χ3n) is 3.02. The molecule has 2 aromatic carbocycles. The Kier molecular flexibility index (Phi) is 5.06. The molecular weight excluding hydrogens is 293 g/mol. The highest BCUT2D eigenvalue weighted by molar-refractivity contribution is 7.89. The first kappa shape index (κ1) is 15.6. The monoisotopic (exact) mass is 309 g/mol. The van der Waals surface area contributed by atoms with Gasteiger partial charge in [-0.3, -0.25) is 0 Å². The van der Waals surface area contributed by atoms with Crippen LogP contribution in [0.3, 0.4) is 0 Å². The summed E-state index contributed by atoms with van der Waals surface area (Å²) in [6, 6.07) is 13.5. The molecule has 0 aromatic heterocycles. The highest BCUT2D eigenvalue weighted by atomic mass is 32.2. The van der Waals surface area contributed by atoms with Crippen molar-refractivity contribution in [3.8, 4) is 0 Å². The zero-order chi connectivity index (χ0) is 15.3. The summed E-state index contributed by atoms with van der Waals surface area (Å²) in [7, 11) is -3.57. The molecule has 0 amide bonds. The van der Waals surface area contributed by atoms with Gasteiger partial charge in [0.15, 0.2) is 0 Å². The predicted octanol–water partition coefficient (Wildman–Crippen LogP) is 2.23. The van der Waals surface area contributed by atoms with Gasteiger partial charge in [-0.05, 0) is 36.2 Å². The van der Waals surface area contributed by atoms with Crippen LogP contribution in [0.4, 0.5) is 4.39 Å². The molecule has 0 fully saturated rings. The molecule has 112 valence electrons. The van der Waals surface area contributed by atoms with E-state index in [9.17, 15) is 17.9 Å². The van der Waals surface area contributed by atoms with Crippen molar-refractivity contribution in [3.05, 3.63) is 66.0 Å². The molecule has 1 atom stereocenters. The smallest absolute Gasteiger partial charge is 0.240 e. The summed E-state index contributed by atoms with van der Waals surface area (Å²) >= 11 is 0. The van der Waals surface area contributed by atoms with Crippen LogP contribution >= 0.6 is 0 Å². The van der Waals surface area contributed by atoms with Crippen LogP contribution in [0.15, 0.2) is 59.5 Å². The summed E-state index contributed by atoms with van der Waals surface area (Å²) in [4.78, 5) is 0.182. The highest BCUT2D eigenvalue weighted by Crippen LogP contribution is 2.16. The number of halogens is 1. The summed E-state index contributed by atoms with van der Waals surface area (Å²) in [5.41, 5.74) is 0.551. The molecule has 0 aliphatic carbocycles. The van der Waals surface area contributed by atoms with E-state index in [1.54, 1.807) is 18.2 Å². The molecular formula is C15H16FNO3S. The maximum atomic E-state index is 12.8. The first-order chi connectivity index (χ1) is 9.99. The summed E-state index contributed by atoms with van der Waals surface area (Å²) in [5, 5.41) is 9.92. The van der Waals surface area contributed by atoms with Crippen LogP contribution in [-0.2, 0) is 10.0 Å². The Balaban J connectivity index is 1.91. The van der Waals surface area contributed by atoms with Crippen molar-refractivity contribution in [2.24, 2.45) is 0 Å². The van der Waals surface area contributed by atoms with Gasteiger partial charge in [-0.1, -0.05) is 30.3 Å². The third kappa shape index (κ3) is 4.35. The van der Waals surface area contributed by atoms with Crippen molar-refractivity contribution >= 4 is 10.0 Å². The standard InChI is InChI=1S/C15H16FNO3S/c16-13-8-6-12(7-9-13)15(18)10-11-17-21(19,20)14-4-2-1-3-5-14/h1-9,15,17-18H,10-11H2. The van der Waals surface area contributed by atoms with Crippen LogP contribution in [0, 0.1) is 5.82 Å². The van der Waals surface area contributed by atoms with Gasteiger partial charge in [0.1, 0.15) is 5.82 Å².